The standard InChI is InChI=1S/C6H8ClIO2/c1-5(2-3-8)10-6(9)4-7/h2-3,5H,4H2,1H3. The molecule has 4 heteroatoms. The number of rotatable bonds is 3. The van der Waals surface area contributed by atoms with Crippen molar-refractivity contribution >= 4 is 40.2 Å². The van der Waals surface area contributed by atoms with Crippen molar-refractivity contribution in [3.63, 3.8) is 0 Å². The minimum absolute atomic E-state index is 0.0839. The molecule has 0 amide bonds. The lowest BCUT2D eigenvalue weighted by molar-refractivity contribution is -0.142. The topological polar surface area (TPSA) is 26.3 Å². The fourth-order valence-corrected chi connectivity index (χ4v) is 1.03. The van der Waals surface area contributed by atoms with Crippen LogP contribution in [0, 0.1) is 0 Å². The van der Waals surface area contributed by atoms with Gasteiger partial charge in [0.05, 0.1) is 0 Å². The zero-order chi connectivity index (χ0) is 7.98. The van der Waals surface area contributed by atoms with Crippen LogP contribution in [-0.2, 0) is 9.53 Å². The summed E-state index contributed by atoms with van der Waals surface area (Å²) in [5, 5.41) is 0. The van der Waals surface area contributed by atoms with Gasteiger partial charge in [-0.2, -0.15) is 0 Å². The van der Waals surface area contributed by atoms with E-state index in [1.54, 1.807) is 17.1 Å². The Balaban J connectivity index is 3.57. The molecule has 0 N–H and O–H groups in total. The predicted octanol–water partition coefficient (Wildman–Crippen LogP) is 2.11. The third-order valence-electron chi connectivity index (χ3n) is 0.770. The number of hydrogen-bond donors (Lipinski definition) is 0. The lowest BCUT2D eigenvalue weighted by atomic mass is 10.4. The second kappa shape index (κ2) is 5.97. The first-order valence-electron chi connectivity index (χ1n) is 2.73. The van der Waals surface area contributed by atoms with E-state index in [9.17, 15) is 4.79 Å². The monoisotopic (exact) mass is 274 g/mol. The predicted molar refractivity (Wildman–Crippen MR) is 49.4 cm³/mol. The first kappa shape index (κ1) is 10.2. The van der Waals surface area contributed by atoms with Crippen molar-refractivity contribution in [3.8, 4) is 0 Å². The molecule has 0 aromatic carbocycles. The fraction of sp³-hybridized carbons (Fsp3) is 0.500. The Kier molecular flexibility index (Phi) is 6.11. The highest BCUT2D eigenvalue weighted by Crippen LogP contribution is 1.97. The minimum Gasteiger partial charge on any atom is -0.458 e. The van der Waals surface area contributed by atoms with Gasteiger partial charge in [-0.1, -0.05) is 22.6 Å². The van der Waals surface area contributed by atoms with Gasteiger partial charge in [-0.3, -0.25) is 4.79 Å². The van der Waals surface area contributed by atoms with E-state index in [4.69, 9.17) is 16.3 Å². The molecule has 10 heavy (non-hydrogen) atoms. The fourth-order valence-electron chi connectivity index (χ4n) is 0.381. The molecule has 0 aliphatic rings. The summed E-state index contributed by atoms with van der Waals surface area (Å²) in [6.45, 7) is 1.78. The lowest BCUT2D eigenvalue weighted by Gasteiger charge is -2.05. The average molecular weight is 274 g/mol. The second-order valence-corrected chi connectivity index (χ2v) is 2.63. The van der Waals surface area contributed by atoms with Gasteiger partial charge < -0.3 is 4.74 Å². The van der Waals surface area contributed by atoms with Crippen molar-refractivity contribution in [2.24, 2.45) is 0 Å². The van der Waals surface area contributed by atoms with E-state index in [-0.39, 0.29) is 18.0 Å². The SMILES string of the molecule is CC(C=CI)OC(=O)CCl. The highest BCUT2D eigenvalue weighted by molar-refractivity contribution is 14.1. The molecular formula is C6H8ClIO2. The highest BCUT2D eigenvalue weighted by Gasteiger charge is 2.02. The van der Waals surface area contributed by atoms with Gasteiger partial charge in [-0.05, 0) is 17.1 Å². The van der Waals surface area contributed by atoms with Crippen LogP contribution in [0.1, 0.15) is 6.92 Å². The Bertz CT molecular complexity index is 136. The maximum absolute atomic E-state index is 10.5. The summed E-state index contributed by atoms with van der Waals surface area (Å²) < 4.78 is 6.57. The van der Waals surface area contributed by atoms with E-state index in [0.717, 1.165) is 0 Å². The molecule has 0 bridgehead atoms. The van der Waals surface area contributed by atoms with Crippen LogP contribution in [0.2, 0.25) is 0 Å². The molecule has 0 aromatic heterocycles. The van der Waals surface area contributed by atoms with Crippen LogP contribution in [0.5, 0.6) is 0 Å². The molecule has 0 fully saturated rings. The van der Waals surface area contributed by atoms with Crippen LogP contribution in [0.25, 0.3) is 0 Å². The van der Waals surface area contributed by atoms with Crippen molar-refractivity contribution in [2.45, 2.75) is 13.0 Å². The lowest BCUT2D eigenvalue weighted by Crippen LogP contribution is -2.13. The van der Waals surface area contributed by atoms with Gasteiger partial charge in [-0.25, -0.2) is 0 Å². The van der Waals surface area contributed by atoms with Gasteiger partial charge in [-0.15, -0.1) is 11.6 Å². The molecule has 0 aliphatic heterocycles. The maximum atomic E-state index is 10.5. The third kappa shape index (κ3) is 5.05. The Morgan fingerprint density at radius 2 is 2.50 bits per heavy atom. The molecule has 0 heterocycles. The maximum Gasteiger partial charge on any atom is 0.321 e. The summed E-state index contributed by atoms with van der Waals surface area (Å²) in [7, 11) is 0. The molecule has 2 nitrogen and oxygen atoms in total. The average Bonchev–Trinajstić information content (AvgIpc) is 1.88. The Hall–Kier alpha value is 0.230. The molecular weight excluding hydrogens is 266 g/mol. The molecule has 0 aromatic rings. The van der Waals surface area contributed by atoms with E-state index in [1.807, 2.05) is 0 Å². The summed E-state index contributed by atoms with van der Waals surface area (Å²) in [6.07, 6.45) is 1.59. The van der Waals surface area contributed by atoms with Gasteiger partial charge in [0.1, 0.15) is 12.0 Å². The van der Waals surface area contributed by atoms with Crippen LogP contribution in [-0.4, -0.2) is 18.0 Å². The zero-order valence-electron chi connectivity index (χ0n) is 5.51. The smallest absolute Gasteiger partial charge is 0.321 e. The Morgan fingerprint density at radius 1 is 1.90 bits per heavy atom. The van der Waals surface area contributed by atoms with Crippen molar-refractivity contribution < 1.29 is 9.53 Å². The van der Waals surface area contributed by atoms with Gasteiger partial charge in [0, 0.05) is 0 Å². The first-order chi connectivity index (χ1) is 4.70. The molecule has 0 saturated heterocycles. The van der Waals surface area contributed by atoms with Gasteiger partial charge in [0.25, 0.3) is 0 Å². The van der Waals surface area contributed by atoms with E-state index in [0.29, 0.717) is 0 Å². The van der Waals surface area contributed by atoms with E-state index in [2.05, 4.69) is 22.6 Å². The molecule has 1 atom stereocenters. The van der Waals surface area contributed by atoms with Crippen molar-refractivity contribution in [3.05, 3.63) is 10.2 Å². The number of carbonyl (C=O) groups excluding carboxylic acids is 1. The molecule has 0 aliphatic carbocycles. The number of alkyl halides is 1. The molecule has 0 spiro atoms. The Morgan fingerprint density at radius 3 is 2.90 bits per heavy atom. The second-order valence-electron chi connectivity index (χ2n) is 1.65. The minimum atomic E-state index is -0.385. The first-order valence-corrected chi connectivity index (χ1v) is 4.51. The summed E-state index contributed by atoms with van der Waals surface area (Å²) in [6, 6.07) is 0. The van der Waals surface area contributed by atoms with Crippen molar-refractivity contribution in [2.75, 3.05) is 5.88 Å². The number of carbonyl (C=O) groups is 1. The number of halogens is 2. The van der Waals surface area contributed by atoms with Crippen molar-refractivity contribution in [1.82, 2.24) is 0 Å². The number of ether oxygens (including phenoxy) is 1. The van der Waals surface area contributed by atoms with Gasteiger partial charge in [0.2, 0.25) is 0 Å². The van der Waals surface area contributed by atoms with Crippen LogP contribution >= 0.6 is 34.2 Å². The van der Waals surface area contributed by atoms with E-state index < -0.39 is 0 Å². The summed E-state index contributed by atoms with van der Waals surface area (Å²) in [5.74, 6) is -0.469. The number of esters is 1. The normalized spacial score (nSPS) is 13.5. The quantitative estimate of drug-likeness (QED) is 0.447. The summed E-state index contributed by atoms with van der Waals surface area (Å²) >= 11 is 7.25. The van der Waals surface area contributed by atoms with Crippen LogP contribution in [0.3, 0.4) is 0 Å². The molecule has 0 rings (SSSR count). The number of hydrogen-bond acceptors (Lipinski definition) is 2. The summed E-state index contributed by atoms with van der Waals surface area (Å²) in [5.41, 5.74) is 0. The highest BCUT2D eigenvalue weighted by atomic mass is 127. The molecule has 58 valence electrons. The van der Waals surface area contributed by atoms with Gasteiger partial charge >= 0.3 is 5.97 Å². The van der Waals surface area contributed by atoms with Crippen LogP contribution in [0.15, 0.2) is 10.2 Å². The van der Waals surface area contributed by atoms with Crippen molar-refractivity contribution in [1.29, 1.82) is 0 Å². The molecule has 1 unspecified atom stereocenters. The van der Waals surface area contributed by atoms with Crippen LogP contribution < -0.4 is 0 Å². The summed E-state index contributed by atoms with van der Waals surface area (Å²) in [4.78, 5) is 10.5. The molecule has 0 radical (unpaired) electrons. The van der Waals surface area contributed by atoms with Crippen LogP contribution in [0.4, 0.5) is 0 Å². The largest absolute Gasteiger partial charge is 0.458 e. The Labute approximate surface area is 78.7 Å². The third-order valence-corrected chi connectivity index (χ3v) is 1.40. The van der Waals surface area contributed by atoms with Gasteiger partial charge in [0.15, 0.2) is 0 Å². The van der Waals surface area contributed by atoms with E-state index >= 15 is 0 Å². The zero-order valence-corrected chi connectivity index (χ0v) is 8.43. The molecule has 0 saturated carbocycles. The van der Waals surface area contributed by atoms with E-state index in [1.165, 1.54) is 0 Å².